The average molecular weight is 228 g/mol. The average Bonchev–Trinajstić information content (AvgIpc) is 2.20. The molecule has 15 heavy (non-hydrogen) atoms. The summed E-state index contributed by atoms with van der Waals surface area (Å²) in [5.41, 5.74) is 2.23. The van der Waals surface area contributed by atoms with Gasteiger partial charge in [-0.05, 0) is 37.1 Å². The number of benzene rings is 1. The van der Waals surface area contributed by atoms with Crippen molar-refractivity contribution >= 4 is 17.5 Å². The molecule has 0 bridgehead atoms. The predicted octanol–water partition coefficient (Wildman–Crippen LogP) is 1.98. The predicted molar refractivity (Wildman–Crippen MR) is 60.6 cm³/mol. The van der Waals surface area contributed by atoms with E-state index >= 15 is 0 Å². The first kappa shape index (κ1) is 11.9. The SMILES string of the molecule is Cc1cc(O)c(C(=O)NCCCl)cc1C. The molecule has 0 aliphatic carbocycles. The van der Waals surface area contributed by atoms with E-state index < -0.39 is 0 Å². The van der Waals surface area contributed by atoms with Crippen LogP contribution in [-0.2, 0) is 0 Å². The molecule has 1 aromatic rings. The van der Waals surface area contributed by atoms with Gasteiger partial charge in [0.2, 0.25) is 0 Å². The molecule has 0 unspecified atom stereocenters. The van der Waals surface area contributed by atoms with Crippen molar-refractivity contribution in [2.45, 2.75) is 13.8 Å². The van der Waals surface area contributed by atoms with Gasteiger partial charge in [-0.3, -0.25) is 4.79 Å². The lowest BCUT2D eigenvalue weighted by Crippen LogP contribution is -2.25. The van der Waals surface area contributed by atoms with Crippen molar-refractivity contribution in [1.29, 1.82) is 0 Å². The van der Waals surface area contributed by atoms with Gasteiger partial charge in [0.15, 0.2) is 0 Å². The number of rotatable bonds is 3. The molecule has 1 amide bonds. The van der Waals surface area contributed by atoms with Crippen molar-refractivity contribution in [3.63, 3.8) is 0 Å². The number of phenolic OH excluding ortho intramolecular Hbond substituents is 1. The second-order valence-electron chi connectivity index (χ2n) is 3.40. The van der Waals surface area contributed by atoms with Crippen LogP contribution >= 0.6 is 11.6 Å². The zero-order valence-electron chi connectivity index (χ0n) is 8.80. The summed E-state index contributed by atoms with van der Waals surface area (Å²) in [7, 11) is 0. The van der Waals surface area contributed by atoms with E-state index in [0.717, 1.165) is 11.1 Å². The highest BCUT2D eigenvalue weighted by atomic mass is 35.5. The molecule has 1 aromatic carbocycles. The Bertz CT molecular complexity index is 377. The van der Waals surface area contributed by atoms with Crippen molar-refractivity contribution in [2.75, 3.05) is 12.4 Å². The summed E-state index contributed by atoms with van der Waals surface area (Å²) in [6, 6.07) is 3.26. The number of halogens is 1. The summed E-state index contributed by atoms with van der Waals surface area (Å²) in [5, 5.41) is 12.2. The number of carbonyl (C=O) groups is 1. The van der Waals surface area contributed by atoms with Gasteiger partial charge in [0.1, 0.15) is 5.75 Å². The molecule has 0 fully saturated rings. The number of aryl methyl sites for hydroxylation is 2. The third-order valence-corrected chi connectivity index (χ3v) is 2.43. The van der Waals surface area contributed by atoms with Crippen LogP contribution in [0.1, 0.15) is 21.5 Å². The summed E-state index contributed by atoms with van der Waals surface area (Å²) in [6.45, 7) is 4.18. The Hall–Kier alpha value is -1.22. The van der Waals surface area contributed by atoms with Crippen LogP contribution in [0.15, 0.2) is 12.1 Å². The minimum Gasteiger partial charge on any atom is -0.507 e. The number of carbonyl (C=O) groups excluding carboxylic acids is 1. The van der Waals surface area contributed by atoms with Crippen molar-refractivity contribution < 1.29 is 9.90 Å². The molecule has 0 aliphatic rings. The number of nitrogens with one attached hydrogen (secondary N) is 1. The van der Waals surface area contributed by atoms with Gasteiger partial charge in [0.05, 0.1) is 5.56 Å². The second-order valence-corrected chi connectivity index (χ2v) is 3.78. The Labute approximate surface area is 94.1 Å². The summed E-state index contributed by atoms with van der Waals surface area (Å²) >= 11 is 5.45. The van der Waals surface area contributed by atoms with Gasteiger partial charge in [0, 0.05) is 12.4 Å². The van der Waals surface area contributed by atoms with Gasteiger partial charge in [0.25, 0.3) is 5.91 Å². The highest BCUT2D eigenvalue weighted by Gasteiger charge is 2.11. The molecule has 2 N–H and O–H groups in total. The van der Waals surface area contributed by atoms with Crippen LogP contribution < -0.4 is 5.32 Å². The molecule has 0 aromatic heterocycles. The van der Waals surface area contributed by atoms with Crippen molar-refractivity contribution in [2.24, 2.45) is 0 Å². The van der Waals surface area contributed by atoms with Gasteiger partial charge in [-0.25, -0.2) is 0 Å². The summed E-state index contributed by atoms with van der Waals surface area (Å²) in [5.74, 6) is 0.0681. The van der Waals surface area contributed by atoms with Gasteiger partial charge in [-0.15, -0.1) is 11.6 Å². The first-order valence-corrected chi connectivity index (χ1v) is 5.24. The molecule has 0 spiro atoms. The van der Waals surface area contributed by atoms with E-state index in [2.05, 4.69) is 5.32 Å². The van der Waals surface area contributed by atoms with Crippen LogP contribution in [0.25, 0.3) is 0 Å². The third-order valence-electron chi connectivity index (χ3n) is 2.24. The second kappa shape index (κ2) is 5.03. The maximum absolute atomic E-state index is 11.6. The quantitative estimate of drug-likeness (QED) is 0.776. The molecule has 4 heteroatoms. The first-order chi connectivity index (χ1) is 7.06. The fourth-order valence-electron chi connectivity index (χ4n) is 1.24. The molecule has 1 rings (SSSR count). The molecule has 3 nitrogen and oxygen atoms in total. The lowest BCUT2D eigenvalue weighted by molar-refractivity contribution is 0.0953. The molecule has 0 aliphatic heterocycles. The zero-order chi connectivity index (χ0) is 11.4. The lowest BCUT2D eigenvalue weighted by atomic mass is 10.0. The van der Waals surface area contributed by atoms with Crippen LogP contribution in [0, 0.1) is 13.8 Å². The van der Waals surface area contributed by atoms with Crippen molar-refractivity contribution in [3.05, 3.63) is 28.8 Å². The third kappa shape index (κ3) is 2.86. The summed E-state index contributed by atoms with van der Waals surface area (Å²) < 4.78 is 0. The molecule has 0 atom stereocenters. The molecular weight excluding hydrogens is 214 g/mol. The number of alkyl halides is 1. The van der Waals surface area contributed by atoms with Gasteiger partial charge in [-0.2, -0.15) is 0 Å². The highest BCUT2D eigenvalue weighted by molar-refractivity contribution is 6.18. The van der Waals surface area contributed by atoms with Crippen molar-refractivity contribution in [1.82, 2.24) is 5.32 Å². The highest BCUT2D eigenvalue weighted by Crippen LogP contribution is 2.21. The number of amides is 1. The summed E-state index contributed by atoms with van der Waals surface area (Å²) in [6.07, 6.45) is 0. The van der Waals surface area contributed by atoms with Gasteiger partial charge in [-0.1, -0.05) is 0 Å². The monoisotopic (exact) mass is 227 g/mol. The van der Waals surface area contributed by atoms with E-state index in [1.807, 2.05) is 13.8 Å². The largest absolute Gasteiger partial charge is 0.507 e. The number of phenols is 1. The summed E-state index contributed by atoms with van der Waals surface area (Å²) in [4.78, 5) is 11.6. The van der Waals surface area contributed by atoms with E-state index in [4.69, 9.17) is 11.6 Å². The normalized spacial score (nSPS) is 10.1. The fraction of sp³-hybridized carbons (Fsp3) is 0.364. The standard InChI is InChI=1S/C11H14ClNO2/c1-7-5-9(10(14)6-8(7)2)11(15)13-4-3-12/h5-6,14H,3-4H2,1-2H3,(H,13,15). The lowest BCUT2D eigenvalue weighted by Gasteiger charge is -2.08. The number of aromatic hydroxyl groups is 1. The van der Waals surface area contributed by atoms with E-state index in [9.17, 15) is 9.90 Å². The van der Waals surface area contributed by atoms with E-state index in [0.29, 0.717) is 18.0 Å². The van der Waals surface area contributed by atoms with Crippen LogP contribution in [0.3, 0.4) is 0 Å². The van der Waals surface area contributed by atoms with Crippen molar-refractivity contribution in [3.8, 4) is 5.75 Å². The minimum absolute atomic E-state index is 0.00479. The van der Waals surface area contributed by atoms with Crippen LogP contribution in [0.2, 0.25) is 0 Å². The Morgan fingerprint density at radius 1 is 1.40 bits per heavy atom. The minimum atomic E-state index is -0.295. The first-order valence-electron chi connectivity index (χ1n) is 4.70. The Morgan fingerprint density at radius 3 is 2.60 bits per heavy atom. The van der Waals surface area contributed by atoms with E-state index in [-0.39, 0.29) is 11.7 Å². The molecule has 0 radical (unpaired) electrons. The van der Waals surface area contributed by atoms with Crippen LogP contribution in [0.4, 0.5) is 0 Å². The van der Waals surface area contributed by atoms with E-state index in [1.165, 1.54) is 0 Å². The molecular formula is C11H14ClNO2. The zero-order valence-corrected chi connectivity index (χ0v) is 9.56. The Morgan fingerprint density at radius 2 is 2.00 bits per heavy atom. The van der Waals surface area contributed by atoms with E-state index in [1.54, 1.807) is 12.1 Å². The van der Waals surface area contributed by atoms with Crippen LogP contribution in [-0.4, -0.2) is 23.4 Å². The van der Waals surface area contributed by atoms with Gasteiger partial charge >= 0.3 is 0 Å². The Balaban J connectivity index is 2.94. The maximum atomic E-state index is 11.6. The fourth-order valence-corrected chi connectivity index (χ4v) is 1.33. The van der Waals surface area contributed by atoms with Crippen LogP contribution in [0.5, 0.6) is 5.75 Å². The molecule has 0 saturated carbocycles. The topological polar surface area (TPSA) is 49.3 Å². The Kier molecular flexibility index (Phi) is 3.97. The van der Waals surface area contributed by atoms with Gasteiger partial charge < -0.3 is 10.4 Å². The molecule has 0 heterocycles. The maximum Gasteiger partial charge on any atom is 0.255 e. The molecule has 82 valence electrons. The number of hydrogen-bond acceptors (Lipinski definition) is 2. The molecule has 0 saturated heterocycles. The number of hydrogen-bond donors (Lipinski definition) is 2. The smallest absolute Gasteiger partial charge is 0.255 e.